The number of aliphatic carboxylic acids is 1. The second kappa shape index (κ2) is 14.4. The molecular formula is C35H59LiO11. The van der Waals surface area contributed by atoms with Gasteiger partial charge >= 0.3 is 18.9 Å². The second-order valence-corrected chi connectivity index (χ2v) is 16.2. The normalized spacial score (nSPS) is 50.6. The van der Waals surface area contributed by atoms with E-state index in [0.29, 0.717) is 19.3 Å². The van der Waals surface area contributed by atoms with E-state index >= 15 is 0 Å². The Morgan fingerprint density at radius 1 is 1.00 bits per heavy atom. The minimum atomic E-state index is -1.56. The van der Waals surface area contributed by atoms with E-state index in [0.717, 1.165) is 25.7 Å². The number of hydrogen-bond donors (Lipinski definition) is 3. The molecule has 0 amide bonds. The van der Waals surface area contributed by atoms with Crippen molar-refractivity contribution in [1.82, 2.24) is 0 Å². The Kier molecular flexibility index (Phi) is 12.1. The number of rotatable bonds is 9. The van der Waals surface area contributed by atoms with Gasteiger partial charge in [0.05, 0.1) is 60.5 Å². The molecule has 5 saturated heterocycles. The van der Waals surface area contributed by atoms with Gasteiger partial charge in [0.2, 0.25) is 0 Å². The molecular weight excluding hydrogens is 603 g/mol. The van der Waals surface area contributed by atoms with Crippen molar-refractivity contribution < 1.29 is 72.5 Å². The number of carbonyl (C=O) groups excluding carboxylic acids is 1. The van der Waals surface area contributed by atoms with Crippen molar-refractivity contribution in [2.24, 2.45) is 35.5 Å². The molecule has 1 spiro atoms. The average Bonchev–Trinajstić information content (AvgIpc) is 3.69. The van der Waals surface area contributed by atoms with Gasteiger partial charge < -0.3 is 53.6 Å². The van der Waals surface area contributed by atoms with E-state index in [9.17, 15) is 25.2 Å². The van der Waals surface area contributed by atoms with Gasteiger partial charge in [0.15, 0.2) is 11.6 Å². The van der Waals surface area contributed by atoms with Gasteiger partial charge in [0.25, 0.3) is 0 Å². The number of methoxy groups -OCH3 is 1. The van der Waals surface area contributed by atoms with Crippen molar-refractivity contribution >= 4 is 5.97 Å². The molecule has 5 heterocycles. The summed E-state index contributed by atoms with van der Waals surface area (Å²) < 4.78 is 39.0. The molecule has 5 fully saturated rings. The molecule has 0 radical (unpaired) electrons. The molecule has 47 heavy (non-hydrogen) atoms. The molecule has 12 heteroatoms. The number of carboxylic acid groups (broad SMARTS) is 1. The molecule has 5 rings (SSSR count). The molecule has 0 aliphatic carbocycles. The summed E-state index contributed by atoms with van der Waals surface area (Å²) in [6.45, 7) is 15.3. The molecule has 0 bridgehead atoms. The first-order valence-corrected chi connectivity index (χ1v) is 17.6. The minimum Gasteiger partial charge on any atom is -0.550 e. The molecule has 17 atom stereocenters. The van der Waals surface area contributed by atoms with Crippen LogP contribution in [0.5, 0.6) is 0 Å². The van der Waals surface area contributed by atoms with Gasteiger partial charge in [0, 0.05) is 49.6 Å². The maximum atomic E-state index is 11.7. The van der Waals surface area contributed by atoms with E-state index < -0.39 is 59.6 Å². The molecule has 3 N–H and O–H groups in total. The molecule has 266 valence electrons. The molecule has 0 aromatic rings. The summed E-state index contributed by atoms with van der Waals surface area (Å²) in [5.74, 6) is -4.97. The third-order valence-electron chi connectivity index (χ3n) is 12.6. The Morgan fingerprint density at radius 3 is 2.30 bits per heavy atom. The molecule has 0 unspecified atom stereocenters. The topological polar surface area (TPSA) is 156 Å². The van der Waals surface area contributed by atoms with Gasteiger partial charge in [-0.25, -0.2) is 0 Å². The Morgan fingerprint density at radius 2 is 1.68 bits per heavy atom. The predicted octanol–water partition coefficient (Wildman–Crippen LogP) is -0.448. The van der Waals surface area contributed by atoms with Gasteiger partial charge in [-0.2, -0.15) is 0 Å². The Hall–Kier alpha value is -0.293. The van der Waals surface area contributed by atoms with E-state index in [1.54, 1.807) is 6.92 Å². The van der Waals surface area contributed by atoms with E-state index in [2.05, 4.69) is 27.7 Å². The average molecular weight is 663 g/mol. The van der Waals surface area contributed by atoms with Crippen LogP contribution in [0.4, 0.5) is 0 Å². The first-order chi connectivity index (χ1) is 21.4. The summed E-state index contributed by atoms with van der Waals surface area (Å²) in [6, 6.07) is 0. The van der Waals surface area contributed by atoms with Crippen molar-refractivity contribution in [3.8, 4) is 0 Å². The Balaban J connectivity index is 0.00000500. The zero-order valence-electron chi connectivity index (χ0n) is 30.3. The maximum absolute atomic E-state index is 11.7. The number of aliphatic hydroxyl groups is 3. The summed E-state index contributed by atoms with van der Waals surface area (Å²) >= 11 is 0. The van der Waals surface area contributed by atoms with Gasteiger partial charge in [-0.05, 0) is 57.8 Å². The number of carbonyl (C=O) groups is 1. The summed E-state index contributed by atoms with van der Waals surface area (Å²) in [7, 11) is 1.49. The van der Waals surface area contributed by atoms with Crippen LogP contribution < -0.4 is 24.0 Å². The fraction of sp³-hybridized carbons (Fsp3) is 0.971. The Labute approximate surface area is 292 Å². The zero-order valence-corrected chi connectivity index (χ0v) is 30.3. The van der Waals surface area contributed by atoms with E-state index in [1.807, 2.05) is 20.8 Å². The summed E-state index contributed by atoms with van der Waals surface area (Å²) in [6.07, 6.45) is 1.97. The van der Waals surface area contributed by atoms with Crippen LogP contribution >= 0.6 is 0 Å². The Bertz CT molecular complexity index is 1100. The minimum absolute atomic E-state index is 0. The molecule has 0 aromatic carbocycles. The van der Waals surface area contributed by atoms with Gasteiger partial charge in [0.1, 0.15) is 0 Å². The fourth-order valence-corrected chi connectivity index (χ4v) is 9.63. The van der Waals surface area contributed by atoms with Crippen molar-refractivity contribution in [3.05, 3.63) is 0 Å². The van der Waals surface area contributed by atoms with Crippen LogP contribution in [0.2, 0.25) is 0 Å². The predicted molar refractivity (Wildman–Crippen MR) is 165 cm³/mol. The first kappa shape index (κ1) is 39.5. The summed E-state index contributed by atoms with van der Waals surface area (Å²) in [4.78, 5) is 11.7. The van der Waals surface area contributed by atoms with Crippen LogP contribution in [-0.4, -0.2) is 101 Å². The fourth-order valence-electron chi connectivity index (χ4n) is 9.63. The van der Waals surface area contributed by atoms with Crippen molar-refractivity contribution in [2.75, 3.05) is 13.7 Å². The number of hydrogen-bond acceptors (Lipinski definition) is 11. The number of carboxylic acids is 1. The van der Waals surface area contributed by atoms with Gasteiger partial charge in [-0.1, -0.05) is 41.5 Å². The molecule has 5 aliphatic rings. The summed E-state index contributed by atoms with van der Waals surface area (Å²) in [5.41, 5.74) is -1.20. The number of aliphatic hydroxyl groups excluding tert-OH is 2. The molecule has 0 aromatic heterocycles. The van der Waals surface area contributed by atoms with Crippen LogP contribution in [0, 0.1) is 35.5 Å². The standard InChI is InChI=1S/C35H60O11.Li/c1-18-14-20(3)35(40,17-36)45-27(18)25-15-19(2)30(42-25)33(8)11-10-26(43-33)32(7)12-13-34(46-32)16-24(37)21(4)29(44-34)22(5)28(41-9)23(6)31(38)39;/h18-30,36-37,40H,10-17H2,1-9H3,(H,38,39);/q;+1/p-1/t18-,19-,20+,21+,22-,23-,24-,25+,26+,27-,28+,29-,30+,32-,33-,34+,35-;/m0./s1. The van der Waals surface area contributed by atoms with Crippen molar-refractivity contribution in [1.29, 1.82) is 0 Å². The SMILES string of the molecule is CO[C@H]([C@H](C)[C@H]1O[C@@]2(CC[C@@](C)([C@H]3CC[C@@](C)([C@@H]4O[C@@H]([C@H]5O[C@@](O)(CO)[C@H](C)C[C@@H]5C)C[C@@H]4C)O3)O2)C[C@H](O)[C@H]1C)[C@H](C)C(=O)[O-].[Li+]. The van der Waals surface area contributed by atoms with Crippen molar-refractivity contribution in [3.63, 3.8) is 0 Å². The van der Waals surface area contributed by atoms with E-state index in [1.165, 1.54) is 7.11 Å². The van der Waals surface area contributed by atoms with Crippen LogP contribution in [0.15, 0.2) is 0 Å². The first-order valence-electron chi connectivity index (χ1n) is 17.6. The zero-order chi connectivity index (χ0) is 34.0. The number of ether oxygens (including phenoxy) is 6. The quantitative estimate of drug-likeness (QED) is 0.275. The van der Waals surface area contributed by atoms with Crippen molar-refractivity contribution in [2.45, 2.75) is 166 Å². The van der Waals surface area contributed by atoms with Crippen LogP contribution in [0.25, 0.3) is 0 Å². The monoisotopic (exact) mass is 662 g/mol. The van der Waals surface area contributed by atoms with Crippen LogP contribution in [0.1, 0.15) is 100 Å². The second-order valence-electron chi connectivity index (χ2n) is 16.2. The van der Waals surface area contributed by atoms with Crippen LogP contribution in [0.3, 0.4) is 0 Å². The summed E-state index contributed by atoms with van der Waals surface area (Å²) in [5, 5.41) is 43.7. The third kappa shape index (κ3) is 7.25. The largest absolute Gasteiger partial charge is 1.00 e. The molecule has 0 saturated carbocycles. The molecule has 11 nitrogen and oxygen atoms in total. The van der Waals surface area contributed by atoms with E-state index in [4.69, 9.17) is 28.4 Å². The van der Waals surface area contributed by atoms with Gasteiger partial charge in [-0.3, -0.25) is 0 Å². The van der Waals surface area contributed by atoms with Crippen LogP contribution in [-0.2, 0) is 33.2 Å². The smallest absolute Gasteiger partial charge is 0.550 e. The van der Waals surface area contributed by atoms with E-state index in [-0.39, 0.29) is 72.9 Å². The third-order valence-corrected chi connectivity index (χ3v) is 12.6. The van der Waals surface area contributed by atoms with Gasteiger partial charge in [-0.15, -0.1) is 0 Å². The maximum Gasteiger partial charge on any atom is 1.00 e. The molecule has 5 aliphatic heterocycles.